The summed E-state index contributed by atoms with van der Waals surface area (Å²) in [5.74, 6) is 2.08. The minimum atomic E-state index is 0.220. The third-order valence-electron chi connectivity index (χ3n) is 4.98. The van der Waals surface area contributed by atoms with E-state index in [0.29, 0.717) is 36.4 Å². The molecular formula is C18H30O2. The van der Waals surface area contributed by atoms with Crippen LogP contribution in [0, 0.1) is 23.7 Å². The van der Waals surface area contributed by atoms with Crippen molar-refractivity contribution in [2.75, 3.05) is 0 Å². The Morgan fingerprint density at radius 3 is 2.75 bits per heavy atom. The minimum Gasteiger partial charge on any atom is -0.303 e. The Kier molecular flexibility index (Phi) is 7.18. The molecule has 0 amide bonds. The van der Waals surface area contributed by atoms with Crippen LogP contribution in [0.25, 0.3) is 0 Å². The number of ketones is 1. The average molecular weight is 278 g/mol. The standard InChI is InChI=1S/C18H30O2/c1-13(2)7-8-15(4)17-10-9-14(3)16(6-5-11-19)12-18(17)20/h11,14-17H,1,5-10,12H2,2-4H3/t14-,15+,16-,17+/m1/s1. The fourth-order valence-electron chi connectivity index (χ4n) is 3.40. The van der Waals surface area contributed by atoms with Gasteiger partial charge >= 0.3 is 0 Å². The van der Waals surface area contributed by atoms with Crippen molar-refractivity contribution in [1.29, 1.82) is 0 Å². The number of hydrogen-bond donors (Lipinski definition) is 0. The molecule has 0 heterocycles. The van der Waals surface area contributed by atoms with Crippen LogP contribution in [0.5, 0.6) is 0 Å². The monoisotopic (exact) mass is 278 g/mol. The number of carbonyl (C=O) groups is 2. The van der Waals surface area contributed by atoms with Crippen molar-refractivity contribution in [2.24, 2.45) is 23.7 Å². The van der Waals surface area contributed by atoms with E-state index >= 15 is 0 Å². The molecule has 0 N–H and O–H groups in total. The van der Waals surface area contributed by atoms with Crippen molar-refractivity contribution in [3.05, 3.63) is 12.2 Å². The van der Waals surface area contributed by atoms with E-state index in [1.54, 1.807) is 0 Å². The van der Waals surface area contributed by atoms with Gasteiger partial charge in [-0.2, -0.15) is 0 Å². The van der Waals surface area contributed by atoms with Crippen LogP contribution in [-0.2, 0) is 9.59 Å². The largest absolute Gasteiger partial charge is 0.303 e. The highest BCUT2D eigenvalue weighted by molar-refractivity contribution is 5.81. The molecule has 0 aromatic rings. The summed E-state index contributed by atoms with van der Waals surface area (Å²) in [6.45, 7) is 10.5. The maximum absolute atomic E-state index is 12.5. The van der Waals surface area contributed by atoms with Crippen molar-refractivity contribution in [1.82, 2.24) is 0 Å². The zero-order valence-electron chi connectivity index (χ0n) is 13.4. The summed E-state index contributed by atoms with van der Waals surface area (Å²) in [4.78, 5) is 23.1. The Morgan fingerprint density at radius 2 is 2.15 bits per heavy atom. The number of carbonyl (C=O) groups excluding carboxylic acids is 2. The van der Waals surface area contributed by atoms with E-state index in [2.05, 4.69) is 27.4 Å². The fourth-order valence-corrected chi connectivity index (χ4v) is 3.40. The van der Waals surface area contributed by atoms with E-state index < -0.39 is 0 Å². The van der Waals surface area contributed by atoms with Crippen molar-refractivity contribution >= 4 is 12.1 Å². The first kappa shape index (κ1) is 17.1. The summed E-state index contributed by atoms with van der Waals surface area (Å²) in [7, 11) is 0. The van der Waals surface area contributed by atoms with Crippen molar-refractivity contribution in [3.63, 3.8) is 0 Å². The number of Topliss-reactive ketones (excluding diaryl/α,β-unsaturated/α-hetero) is 1. The van der Waals surface area contributed by atoms with Crippen molar-refractivity contribution < 1.29 is 9.59 Å². The zero-order valence-corrected chi connectivity index (χ0v) is 13.4. The molecule has 0 aromatic carbocycles. The first-order chi connectivity index (χ1) is 9.45. The van der Waals surface area contributed by atoms with Gasteiger partial charge in [-0.05, 0) is 56.8 Å². The molecule has 1 fully saturated rings. The fraction of sp³-hybridized carbons (Fsp3) is 0.778. The summed E-state index contributed by atoms with van der Waals surface area (Å²) < 4.78 is 0. The predicted molar refractivity (Wildman–Crippen MR) is 83.5 cm³/mol. The topological polar surface area (TPSA) is 34.1 Å². The van der Waals surface area contributed by atoms with E-state index in [1.807, 2.05) is 0 Å². The maximum atomic E-state index is 12.5. The van der Waals surface area contributed by atoms with E-state index in [9.17, 15) is 9.59 Å². The Bertz CT molecular complexity index is 345. The van der Waals surface area contributed by atoms with Crippen molar-refractivity contribution in [3.8, 4) is 0 Å². The first-order valence-electron chi connectivity index (χ1n) is 8.06. The third-order valence-corrected chi connectivity index (χ3v) is 4.98. The third kappa shape index (κ3) is 5.22. The van der Waals surface area contributed by atoms with Crippen LogP contribution in [-0.4, -0.2) is 12.1 Å². The summed E-state index contributed by atoms with van der Waals surface area (Å²) in [5, 5.41) is 0. The lowest BCUT2D eigenvalue weighted by molar-refractivity contribution is -0.125. The van der Waals surface area contributed by atoms with Crippen LogP contribution in [0.1, 0.15) is 65.7 Å². The molecule has 0 aliphatic heterocycles. The summed E-state index contributed by atoms with van der Waals surface area (Å²) in [6.07, 6.45) is 7.37. The molecule has 0 unspecified atom stereocenters. The molecule has 4 atom stereocenters. The molecule has 1 saturated carbocycles. The molecule has 114 valence electrons. The first-order valence-corrected chi connectivity index (χ1v) is 8.06. The molecule has 20 heavy (non-hydrogen) atoms. The number of allylic oxidation sites excluding steroid dienone is 1. The van der Waals surface area contributed by atoms with Gasteiger partial charge in [0.2, 0.25) is 0 Å². The van der Waals surface area contributed by atoms with Crippen LogP contribution in [0.4, 0.5) is 0 Å². The minimum absolute atomic E-state index is 0.220. The Labute approximate surface area is 124 Å². The van der Waals surface area contributed by atoms with Crippen LogP contribution in [0.2, 0.25) is 0 Å². The Morgan fingerprint density at radius 1 is 1.45 bits per heavy atom. The van der Waals surface area contributed by atoms with Gasteiger partial charge in [-0.1, -0.05) is 19.4 Å². The second-order valence-electron chi connectivity index (χ2n) is 6.81. The molecule has 0 spiro atoms. The van der Waals surface area contributed by atoms with Crippen molar-refractivity contribution in [2.45, 2.75) is 65.7 Å². The lowest BCUT2D eigenvalue weighted by Gasteiger charge is -2.21. The van der Waals surface area contributed by atoms with E-state index in [-0.39, 0.29) is 5.92 Å². The highest BCUT2D eigenvalue weighted by atomic mass is 16.1. The van der Waals surface area contributed by atoms with Gasteiger partial charge in [0.25, 0.3) is 0 Å². The molecule has 1 aliphatic carbocycles. The molecule has 0 bridgehead atoms. The van der Waals surface area contributed by atoms with Gasteiger partial charge in [-0.15, -0.1) is 6.58 Å². The lowest BCUT2D eigenvalue weighted by atomic mass is 9.82. The van der Waals surface area contributed by atoms with Crippen LogP contribution in [0.3, 0.4) is 0 Å². The zero-order chi connectivity index (χ0) is 15.1. The van der Waals surface area contributed by atoms with Crippen LogP contribution < -0.4 is 0 Å². The highest BCUT2D eigenvalue weighted by Gasteiger charge is 2.32. The quantitative estimate of drug-likeness (QED) is 0.388. The lowest BCUT2D eigenvalue weighted by Crippen LogP contribution is -2.22. The Hall–Kier alpha value is -0.920. The second kappa shape index (κ2) is 8.39. The number of hydrogen-bond acceptors (Lipinski definition) is 2. The van der Waals surface area contributed by atoms with Gasteiger partial charge < -0.3 is 4.79 Å². The van der Waals surface area contributed by atoms with E-state index in [1.165, 1.54) is 5.57 Å². The normalized spacial score (nSPS) is 28.8. The molecule has 0 radical (unpaired) electrons. The summed E-state index contributed by atoms with van der Waals surface area (Å²) in [6, 6.07) is 0. The van der Waals surface area contributed by atoms with Gasteiger partial charge in [-0.3, -0.25) is 4.79 Å². The maximum Gasteiger partial charge on any atom is 0.136 e. The average Bonchev–Trinajstić information content (AvgIpc) is 2.53. The molecule has 0 aromatic heterocycles. The smallest absolute Gasteiger partial charge is 0.136 e. The number of aldehydes is 1. The SMILES string of the molecule is C=C(C)CC[C@H](C)[C@@H]1CC[C@@H](C)[C@H](CCC=O)CC1=O. The predicted octanol–water partition coefficient (Wildman–Crippen LogP) is 4.58. The van der Waals surface area contributed by atoms with Gasteiger partial charge in [0.15, 0.2) is 0 Å². The van der Waals surface area contributed by atoms with Gasteiger partial charge in [0, 0.05) is 18.8 Å². The second-order valence-corrected chi connectivity index (χ2v) is 6.81. The Balaban J connectivity index is 2.60. The van der Waals surface area contributed by atoms with Gasteiger partial charge in [0.05, 0.1) is 0 Å². The molecule has 0 saturated heterocycles. The highest BCUT2D eigenvalue weighted by Crippen LogP contribution is 2.36. The summed E-state index contributed by atoms with van der Waals surface area (Å²) >= 11 is 0. The molecule has 1 aliphatic rings. The molecular weight excluding hydrogens is 248 g/mol. The molecule has 1 rings (SSSR count). The number of rotatable bonds is 7. The van der Waals surface area contributed by atoms with Gasteiger partial charge in [0.1, 0.15) is 12.1 Å². The summed E-state index contributed by atoms with van der Waals surface area (Å²) in [5.41, 5.74) is 1.20. The van der Waals surface area contributed by atoms with Crippen LogP contribution >= 0.6 is 0 Å². The molecule has 2 heteroatoms. The van der Waals surface area contributed by atoms with E-state index in [4.69, 9.17) is 0 Å². The molecule has 2 nitrogen and oxygen atoms in total. The van der Waals surface area contributed by atoms with E-state index in [0.717, 1.165) is 38.4 Å². The van der Waals surface area contributed by atoms with Gasteiger partial charge in [-0.25, -0.2) is 0 Å². The van der Waals surface area contributed by atoms with Crippen LogP contribution in [0.15, 0.2) is 12.2 Å².